The molecular formula is C8H10N2O. The average molecular weight is 150 g/mol. The summed E-state index contributed by atoms with van der Waals surface area (Å²) in [5.41, 5.74) is 1.47. The summed E-state index contributed by atoms with van der Waals surface area (Å²) in [6.07, 6.45) is 3.35. The normalized spacial score (nSPS) is 9.18. The first-order chi connectivity index (χ1) is 5.33. The first-order valence-electron chi connectivity index (χ1n) is 3.28. The van der Waals surface area contributed by atoms with Gasteiger partial charge < -0.3 is 10.4 Å². The summed E-state index contributed by atoms with van der Waals surface area (Å²) >= 11 is 0. The molecule has 0 radical (unpaired) electrons. The highest BCUT2D eigenvalue weighted by atomic mass is 16.3. The van der Waals surface area contributed by atoms with Crippen molar-refractivity contribution in [3.63, 3.8) is 0 Å². The number of rotatable bonds is 3. The molecule has 0 saturated heterocycles. The smallest absolute Gasteiger partial charge is 0.0824 e. The van der Waals surface area contributed by atoms with Crippen molar-refractivity contribution in [2.45, 2.75) is 0 Å². The lowest BCUT2D eigenvalue weighted by Crippen LogP contribution is -2.01. The minimum absolute atomic E-state index is 0.0533. The topological polar surface area (TPSA) is 45.1 Å². The van der Waals surface area contributed by atoms with E-state index < -0.39 is 0 Å². The lowest BCUT2D eigenvalue weighted by atomic mass is 10.4. The molecule has 3 heteroatoms. The fraction of sp³-hybridized carbons (Fsp3) is 0.125. The maximum atomic E-state index is 8.62. The Bertz CT molecular complexity index is 233. The van der Waals surface area contributed by atoms with Crippen molar-refractivity contribution in [2.24, 2.45) is 0 Å². The number of hydrogen-bond acceptors (Lipinski definition) is 3. The van der Waals surface area contributed by atoms with Crippen LogP contribution in [0.25, 0.3) is 0 Å². The van der Waals surface area contributed by atoms with Gasteiger partial charge in [0.05, 0.1) is 6.61 Å². The Morgan fingerprint density at radius 2 is 2.18 bits per heavy atom. The summed E-state index contributed by atoms with van der Waals surface area (Å²) in [6.45, 7) is 3.53. The molecule has 2 N–H and O–H groups in total. The fourth-order valence-corrected chi connectivity index (χ4v) is 0.679. The maximum absolute atomic E-state index is 8.62. The molecule has 0 bridgehead atoms. The number of aliphatic hydroxyl groups is 1. The van der Waals surface area contributed by atoms with E-state index in [2.05, 4.69) is 16.9 Å². The number of aromatic nitrogens is 1. The Kier molecular flexibility index (Phi) is 2.63. The molecule has 0 atom stereocenters. The van der Waals surface area contributed by atoms with E-state index in [9.17, 15) is 0 Å². The van der Waals surface area contributed by atoms with Gasteiger partial charge in [-0.05, 0) is 12.1 Å². The summed E-state index contributed by atoms with van der Waals surface area (Å²) in [4.78, 5) is 3.85. The van der Waals surface area contributed by atoms with Gasteiger partial charge in [-0.15, -0.1) is 0 Å². The highest BCUT2D eigenvalue weighted by Crippen LogP contribution is 2.05. The van der Waals surface area contributed by atoms with Crippen LogP contribution in [-0.2, 0) is 0 Å². The SMILES string of the molecule is C=C(CO)Nc1ccncc1. The van der Waals surface area contributed by atoms with Gasteiger partial charge in [0.1, 0.15) is 0 Å². The molecule has 0 aliphatic heterocycles. The first kappa shape index (κ1) is 7.75. The Morgan fingerprint density at radius 1 is 1.55 bits per heavy atom. The van der Waals surface area contributed by atoms with Gasteiger partial charge in [0.2, 0.25) is 0 Å². The molecule has 0 spiro atoms. The second-order valence-electron chi connectivity index (χ2n) is 2.12. The second kappa shape index (κ2) is 3.73. The predicted octanol–water partition coefficient (Wildman–Crippen LogP) is 0.999. The predicted molar refractivity (Wildman–Crippen MR) is 44.1 cm³/mol. The molecule has 0 amide bonds. The first-order valence-corrected chi connectivity index (χ1v) is 3.28. The monoisotopic (exact) mass is 150 g/mol. The van der Waals surface area contributed by atoms with E-state index >= 15 is 0 Å². The van der Waals surface area contributed by atoms with E-state index in [4.69, 9.17) is 5.11 Å². The van der Waals surface area contributed by atoms with Gasteiger partial charge in [-0.1, -0.05) is 6.58 Å². The average Bonchev–Trinajstić information content (AvgIpc) is 2.06. The molecule has 11 heavy (non-hydrogen) atoms. The Morgan fingerprint density at radius 3 is 2.73 bits per heavy atom. The van der Waals surface area contributed by atoms with Crippen LogP contribution in [-0.4, -0.2) is 16.7 Å². The fourth-order valence-electron chi connectivity index (χ4n) is 0.679. The van der Waals surface area contributed by atoms with Gasteiger partial charge in [0, 0.05) is 23.8 Å². The van der Waals surface area contributed by atoms with E-state index in [0.717, 1.165) is 5.69 Å². The van der Waals surface area contributed by atoms with Crippen LogP contribution >= 0.6 is 0 Å². The van der Waals surface area contributed by atoms with Gasteiger partial charge in [-0.25, -0.2) is 0 Å². The second-order valence-corrected chi connectivity index (χ2v) is 2.12. The summed E-state index contributed by atoms with van der Waals surface area (Å²) in [5.74, 6) is 0. The number of aliphatic hydroxyl groups excluding tert-OH is 1. The lowest BCUT2D eigenvalue weighted by Gasteiger charge is -2.04. The van der Waals surface area contributed by atoms with Gasteiger partial charge in [-0.3, -0.25) is 4.98 Å². The molecule has 58 valence electrons. The lowest BCUT2D eigenvalue weighted by molar-refractivity contribution is 0.333. The zero-order chi connectivity index (χ0) is 8.10. The molecule has 0 fully saturated rings. The molecule has 0 aromatic carbocycles. The van der Waals surface area contributed by atoms with Crippen LogP contribution in [0.2, 0.25) is 0 Å². The van der Waals surface area contributed by atoms with Crippen LogP contribution < -0.4 is 5.32 Å². The number of nitrogens with one attached hydrogen (secondary N) is 1. The van der Waals surface area contributed by atoms with Crippen molar-refractivity contribution in [3.05, 3.63) is 36.8 Å². The molecule has 1 aromatic rings. The highest BCUT2D eigenvalue weighted by molar-refractivity contribution is 5.45. The third-order valence-corrected chi connectivity index (χ3v) is 1.19. The van der Waals surface area contributed by atoms with E-state index in [1.165, 1.54) is 0 Å². The van der Waals surface area contributed by atoms with Gasteiger partial charge >= 0.3 is 0 Å². The van der Waals surface area contributed by atoms with Crippen molar-refractivity contribution in [1.29, 1.82) is 0 Å². The summed E-state index contributed by atoms with van der Waals surface area (Å²) in [5, 5.41) is 11.5. The summed E-state index contributed by atoms with van der Waals surface area (Å²) in [6, 6.07) is 3.61. The number of nitrogens with zero attached hydrogens (tertiary/aromatic N) is 1. The summed E-state index contributed by atoms with van der Waals surface area (Å²) < 4.78 is 0. The molecule has 0 aliphatic rings. The van der Waals surface area contributed by atoms with Crippen LogP contribution in [0.5, 0.6) is 0 Å². The third-order valence-electron chi connectivity index (χ3n) is 1.19. The maximum Gasteiger partial charge on any atom is 0.0824 e. The van der Waals surface area contributed by atoms with Crippen molar-refractivity contribution < 1.29 is 5.11 Å². The number of hydrogen-bond donors (Lipinski definition) is 2. The molecule has 1 aromatic heterocycles. The number of pyridine rings is 1. The highest BCUT2D eigenvalue weighted by Gasteiger charge is 1.90. The minimum atomic E-state index is -0.0533. The Hall–Kier alpha value is -1.35. The van der Waals surface area contributed by atoms with Crippen LogP contribution in [0.15, 0.2) is 36.8 Å². The molecule has 1 rings (SSSR count). The molecule has 3 nitrogen and oxygen atoms in total. The summed E-state index contributed by atoms with van der Waals surface area (Å²) in [7, 11) is 0. The van der Waals surface area contributed by atoms with Crippen LogP contribution in [0.4, 0.5) is 5.69 Å². The molecule has 0 unspecified atom stereocenters. The van der Waals surface area contributed by atoms with Crippen LogP contribution in [0.1, 0.15) is 0 Å². The minimum Gasteiger partial charge on any atom is -0.390 e. The third kappa shape index (κ3) is 2.39. The van der Waals surface area contributed by atoms with Crippen LogP contribution in [0, 0.1) is 0 Å². The zero-order valence-electron chi connectivity index (χ0n) is 6.12. The molecule has 0 aliphatic carbocycles. The van der Waals surface area contributed by atoms with E-state index in [1.807, 2.05) is 0 Å². The van der Waals surface area contributed by atoms with E-state index in [1.54, 1.807) is 24.5 Å². The van der Waals surface area contributed by atoms with E-state index in [-0.39, 0.29) is 6.61 Å². The van der Waals surface area contributed by atoms with Gasteiger partial charge in [0.25, 0.3) is 0 Å². The Labute approximate surface area is 65.4 Å². The number of anilines is 1. The van der Waals surface area contributed by atoms with Crippen molar-refractivity contribution >= 4 is 5.69 Å². The van der Waals surface area contributed by atoms with E-state index in [0.29, 0.717) is 5.70 Å². The van der Waals surface area contributed by atoms with Crippen molar-refractivity contribution in [3.8, 4) is 0 Å². The van der Waals surface area contributed by atoms with Crippen molar-refractivity contribution in [2.75, 3.05) is 11.9 Å². The van der Waals surface area contributed by atoms with Crippen molar-refractivity contribution in [1.82, 2.24) is 4.98 Å². The van der Waals surface area contributed by atoms with Gasteiger partial charge in [-0.2, -0.15) is 0 Å². The standard InChI is InChI=1S/C8H10N2O/c1-7(6-11)10-8-2-4-9-5-3-8/h2-5,11H,1,6H2,(H,9,10). The van der Waals surface area contributed by atoms with Crippen LogP contribution in [0.3, 0.4) is 0 Å². The zero-order valence-corrected chi connectivity index (χ0v) is 6.12. The molecule has 1 heterocycles. The molecule has 0 saturated carbocycles. The van der Waals surface area contributed by atoms with Gasteiger partial charge in [0.15, 0.2) is 0 Å². The largest absolute Gasteiger partial charge is 0.390 e. The quantitative estimate of drug-likeness (QED) is 0.675. The Balaban J connectivity index is 2.58. The molecular weight excluding hydrogens is 140 g/mol.